The van der Waals surface area contributed by atoms with Gasteiger partial charge in [0.25, 0.3) is 0 Å². The molecule has 0 saturated carbocycles. The Morgan fingerprint density at radius 1 is 0.960 bits per heavy atom. The second kappa shape index (κ2) is 6.97. The lowest BCUT2D eigenvalue weighted by Gasteiger charge is -2.34. The van der Waals surface area contributed by atoms with Gasteiger partial charge in [-0.15, -0.1) is 0 Å². The predicted molar refractivity (Wildman–Crippen MR) is 108 cm³/mol. The minimum absolute atomic E-state index is 0.722. The lowest BCUT2D eigenvalue weighted by molar-refractivity contribution is 0.404. The Balaban J connectivity index is 1.45. The molecule has 4 rings (SSSR count). The zero-order valence-corrected chi connectivity index (χ0v) is 15.0. The van der Waals surface area contributed by atoms with Crippen LogP contribution in [0, 0.1) is 5.92 Å². The summed E-state index contributed by atoms with van der Waals surface area (Å²) in [6.45, 7) is 2.11. The van der Waals surface area contributed by atoms with Gasteiger partial charge in [-0.05, 0) is 59.7 Å². The molecule has 2 nitrogen and oxygen atoms in total. The fourth-order valence-corrected chi connectivity index (χ4v) is 4.25. The third-order valence-electron chi connectivity index (χ3n) is 5.32. The first-order valence-electron chi connectivity index (χ1n) is 8.97. The number of hydrogen-bond acceptors (Lipinski definition) is 2. The smallest absolute Gasteiger partial charge is 0.0660 e. The molecule has 0 atom stereocenters. The maximum atomic E-state index is 6.37. The molecule has 3 aromatic carbocycles. The van der Waals surface area contributed by atoms with Gasteiger partial charge >= 0.3 is 0 Å². The van der Waals surface area contributed by atoms with E-state index in [1.807, 2.05) is 18.2 Å². The molecule has 0 unspecified atom stereocenters. The summed E-state index contributed by atoms with van der Waals surface area (Å²) in [6, 6.07) is 21.2. The van der Waals surface area contributed by atoms with Crippen molar-refractivity contribution >= 4 is 33.7 Å². The quantitative estimate of drug-likeness (QED) is 0.629. The zero-order valence-electron chi connectivity index (χ0n) is 14.3. The topological polar surface area (TPSA) is 29.3 Å². The van der Waals surface area contributed by atoms with E-state index in [1.54, 1.807) is 0 Å². The normalized spacial score (nSPS) is 15.6. The van der Waals surface area contributed by atoms with Crippen molar-refractivity contribution in [3.63, 3.8) is 0 Å². The molecule has 0 bridgehead atoms. The van der Waals surface area contributed by atoms with Gasteiger partial charge in [0.05, 0.1) is 10.7 Å². The van der Waals surface area contributed by atoms with E-state index in [2.05, 4.69) is 47.4 Å². The summed E-state index contributed by atoms with van der Waals surface area (Å²) in [5.41, 5.74) is 9.11. The number of hydrogen-bond donors (Lipinski definition) is 1. The van der Waals surface area contributed by atoms with Crippen LogP contribution in [-0.4, -0.2) is 13.1 Å². The Morgan fingerprint density at radius 3 is 2.52 bits per heavy atom. The highest BCUT2D eigenvalue weighted by molar-refractivity contribution is 6.33. The lowest BCUT2D eigenvalue weighted by atomic mass is 9.88. The van der Waals surface area contributed by atoms with E-state index >= 15 is 0 Å². The number of anilines is 2. The van der Waals surface area contributed by atoms with E-state index in [4.69, 9.17) is 17.3 Å². The number of piperidine rings is 1. The van der Waals surface area contributed by atoms with Gasteiger partial charge in [-0.2, -0.15) is 0 Å². The molecule has 1 fully saturated rings. The van der Waals surface area contributed by atoms with Gasteiger partial charge in [-0.3, -0.25) is 0 Å². The maximum absolute atomic E-state index is 6.37. The van der Waals surface area contributed by atoms with Gasteiger partial charge in [0, 0.05) is 18.8 Å². The van der Waals surface area contributed by atoms with Crippen molar-refractivity contribution in [3.8, 4) is 0 Å². The van der Waals surface area contributed by atoms with Crippen LogP contribution in [0.25, 0.3) is 10.8 Å². The summed E-state index contributed by atoms with van der Waals surface area (Å²) in [4.78, 5) is 2.39. The van der Waals surface area contributed by atoms with Gasteiger partial charge in [-0.1, -0.05) is 54.1 Å². The molecule has 1 aliphatic heterocycles. The van der Waals surface area contributed by atoms with E-state index in [-0.39, 0.29) is 0 Å². The van der Waals surface area contributed by atoms with Crippen LogP contribution in [0.15, 0.2) is 60.7 Å². The molecule has 3 heteroatoms. The zero-order chi connectivity index (χ0) is 17.2. The van der Waals surface area contributed by atoms with Crippen LogP contribution >= 0.6 is 11.6 Å². The van der Waals surface area contributed by atoms with Crippen LogP contribution in [0.2, 0.25) is 5.02 Å². The number of fused-ring (bicyclic) bond motifs is 1. The number of nitrogen functional groups attached to an aromatic ring is 1. The van der Waals surface area contributed by atoms with Crippen LogP contribution in [0.1, 0.15) is 18.4 Å². The van der Waals surface area contributed by atoms with E-state index in [0.717, 1.165) is 41.8 Å². The highest BCUT2D eigenvalue weighted by atomic mass is 35.5. The third-order valence-corrected chi connectivity index (χ3v) is 5.62. The molecule has 2 N–H and O–H groups in total. The molecule has 0 aliphatic carbocycles. The molecule has 1 saturated heterocycles. The molecular weight excluding hydrogens is 328 g/mol. The van der Waals surface area contributed by atoms with E-state index in [0.29, 0.717) is 0 Å². The molecule has 1 aliphatic rings. The fraction of sp³-hybridized carbons (Fsp3) is 0.273. The molecule has 3 aromatic rings. The monoisotopic (exact) mass is 350 g/mol. The first kappa shape index (κ1) is 16.3. The van der Waals surface area contributed by atoms with Gasteiger partial charge in [0.1, 0.15) is 0 Å². The van der Waals surface area contributed by atoms with Crippen molar-refractivity contribution in [2.75, 3.05) is 23.7 Å². The molecule has 0 radical (unpaired) electrons. The maximum Gasteiger partial charge on any atom is 0.0660 e. The average molecular weight is 351 g/mol. The van der Waals surface area contributed by atoms with Crippen molar-refractivity contribution in [2.45, 2.75) is 19.3 Å². The van der Waals surface area contributed by atoms with Crippen LogP contribution in [0.4, 0.5) is 11.4 Å². The standard InChI is InChI=1S/C22H23ClN2/c23-21-15-19(24)8-9-22(21)25-12-10-16(11-13-25)14-18-6-3-5-17-4-1-2-7-20(17)18/h1-9,15-16H,10-14,24H2. The molecule has 128 valence electrons. The van der Waals surface area contributed by atoms with Gasteiger partial charge in [0.2, 0.25) is 0 Å². The van der Waals surface area contributed by atoms with Crippen LogP contribution < -0.4 is 10.6 Å². The molecule has 0 aromatic heterocycles. The first-order valence-corrected chi connectivity index (χ1v) is 9.35. The minimum Gasteiger partial charge on any atom is -0.399 e. The summed E-state index contributed by atoms with van der Waals surface area (Å²) < 4.78 is 0. The summed E-state index contributed by atoms with van der Waals surface area (Å²) in [5, 5.41) is 3.49. The van der Waals surface area contributed by atoms with Crippen molar-refractivity contribution in [2.24, 2.45) is 5.92 Å². The van der Waals surface area contributed by atoms with Gasteiger partial charge < -0.3 is 10.6 Å². The number of nitrogens with two attached hydrogens (primary N) is 1. The summed E-state index contributed by atoms with van der Waals surface area (Å²) in [5.74, 6) is 0.731. The first-order chi connectivity index (χ1) is 12.2. The Bertz CT molecular complexity index is 877. The Kier molecular flexibility index (Phi) is 4.54. The Hall–Kier alpha value is -2.19. The number of nitrogens with zero attached hydrogens (tertiary/aromatic N) is 1. The molecular formula is C22H23ClN2. The Labute approximate surface area is 154 Å². The van der Waals surface area contributed by atoms with Crippen LogP contribution in [0.5, 0.6) is 0 Å². The lowest BCUT2D eigenvalue weighted by Crippen LogP contribution is -2.34. The highest BCUT2D eigenvalue weighted by Gasteiger charge is 2.21. The fourth-order valence-electron chi connectivity index (χ4n) is 3.94. The summed E-state index contributed by atoms with van der Waals surface area (Å²) in [7, 11) is 0. The van der Waals surface area contributed by atoms with Crippen molar-refractivity contribution in [1.82, 2.24) is 0 Å². The van der Waals surface area contributed by atoms with Crippen molar-refractivity contribution in [1.29, 1.82) is 0 Å². The second-order valence-corrected chi connectivity index (χ2v) is 7.39. The molecule has 0 amide bonds. The largest absolute Gasteiger partial charge is 0.399 e. The van der Waals surface area contributed by atoms with Crippen molar-refractivity contribution in [3.05, 3.63) is 71.2 Å². The number of rotatable bonds is 3. The highest BCUT2D eigenvalue weighted by Crippen LogP contribution is 2.32. The van der Waals surface area contributed by atoms with E-state index < -0.39 is 0 Å². The van der Waals surface area contributed by atoms with E-state index in [1.165, 1.54) is 29.2 Å². The second-order valence-electron chi connectivity index (χ2n) is 6.98. The SMILES string of the molecule is Nc1ccc(N2CCC(Cc3cccc4ccccc34)CC2)c(Cl)c1. The van der Waals surface area contributed by atoms with Crippen molar-refractivity contribution < 1.29 is 0 Å². The molecule has 25 heavy (non-hydrogen) atoms. The van der Waals surface area contributed by atoms with Crippen LogP contribution in [0.3, 0.4) is 0 Å². The third kappa shape index (κ3) is 3.45. The van der Waals surface area contributed by atoms with E-state index in [9.17, 15) is 0 Å². The predicted octanol–water partition coefficient (Wildman–Crippen LogP) is 5.53. The van der Waals surface area contributed by atoms with Gasteiger partial charge in [-0.25, -0.2) is 0 Å². The summed E-state index contributed by atoms with van der Waals surface area (Å²) in [6.07, 6.45) is 3.55. The number of halogens is 1. The van der Waals surface area contributed by atoms with Crippen LogP contribution in [-0.2, 0) is 6.42 Å². The molecule has 1 heterocycles. The summed E-state index contributed by atoms with van der Waals surface area (Å²) >= 11 is 6.37. The number of benzene rings is 3. The minimum atomic E-state index is 0.722. The molecule has 0 spiro atoms. The average Bonchev–Trinajstić information content (AvgIpc) is 2.63. The van der Waals surface area contributed by atoms with Gasteiger partial charge in [0.15, 0.2) is 0 Å². The Morgan fingerprint density at radius 2 is 1.72 bits per heavy atom.